The van der Waals surface area contributed by atoms with Crippen molar-refractivity contribution in [2.75, 3.05) is 19.6 Å². The second-order valence-corrected chi connectivity index (χ2v) is 8.72. The molecule has 0 aromatic rings. The van der Waals surface area contributed by atoms with Crippen LogP contribution in [0.15, 0.2) is 0 Å². The van der Waals surface area contributed by atoms with Crippen LogP contribution in [0.3, 0.4) is 0 Å². The second-order valence-electron chi connectivity index (χ2n) is 8.72. The average Bonchev–Trinajstić information content (AvgIpc) is 2.59. The Morgan fingerprint density at radius 3 is 2.12 bits per heavy atom. The largest absolute Gasteiger partial charge is 0.303 e. The van der Waals surface area contributed by atoms with Crippen LogP contribution in [-0.4, -0.2) is 24.5 Å². The zero-order chi connectivity index (χ0) is 17.6. The first-order chi connectivity index (χ1) is 11.7. The van der Waals surface area contributed by atoms with Gasteiger partial charge in [-0.3, -0.25) is 0 Å². The number of hydrogen-bond acceptors (Lipinski definition) is 1. The van der Waals surface area contributed by atoms with E-state index in [1.807, 2.05) is 0 Å². The molecule has 0 radical (unpaired) electrons. The molecule has 1 heterocycles. The number of hydrogen-bond donors (Lipinski definition) is 0. The summed E-state index contributed by atoms with van der Waals surface area (Å²) in [6.45, 7) is 13.6. The maximum Gasteiger partial charge on any atom is 0.000966 e. The van der Waals surface area contributed by atoms with Gasteiger partial charge in [0.2, 0.25) is 0 Å². The van der Waals surface area contributed by atoms with E-state index >= 15 is 0 Å². The topological polar surface area (TPSA) is 3.24 Å². The van der Waals surface area contributed by atoms with Gasteiger partial charge in [-0.15, -0.1) is 0 Å². The van der Waals surface area contributed by atoms with Crippen molar-refractivity contribution >= 4 is 0 Å². The molecule has 1 nitrogen and oxygen atoms in total. The van der Waals surface area contributed by atoms with Crippen LogP contribution in [0.25, 0.3) is 0 Å². The molecule has 1 heteroatoms. The zero-order valence-electron chi connectivity index (χ0n) is 17.5. The van der Waals surface area contributed by atoms with Crippen molar-refractivity contribution in [3.8, 4) is 0 Å². The van der Waals surface area contributed by atoms with E-state index in [0.717, 1.165) is 17.8 Å². The Balaban J connectivity index is 2.18. The van der Waals surface area contributed by atoms with Crippen molar-refractivity contribution in [2.45, 2.75) is 111 Å². The molecule has 0 N–H and O–H groups in total. The molecule has 2 atom stereocenters. The predicted octanol–water partition coefficient (Wildman–Crippen LogP) is 7.30. The number of unbranched alkanes of at least 4 members (excludes halogenated alkanes) is 3. The normalized spacial score (nSPS) is 19.5. The van der Waals surface area contributed by atoms with Crippen LogP contribution in [-0.2, 0) is 0 Å². The Bertz CT molecular complexity index is 267. The van der Waals surface area contributed by atoms with Gasteiger partial charge in [0.1, 0.15) is 0 Å². The van der Waals surface area contributed by atoms with Gasteiger partial charge < -0.3 is 4.90 Å². The SMILES string of the molecule is CCCCCC(CCC)CN1CCC(CCC(C)CCCC)CC1. The van der Waals surface area contributed by atoms with Crippen LogP contribution >= 0.6 is 0 Å². The third-order valence-corrected chi connectivity index (χ3v) is 6.25. The highest BCUT2D eigenvalue weighted by Crippen LogP contribution is 2.27. The lowest BCUT2D eigenvalue weighted by Crippen LogP contribution is -2.37. The maximum atomic E-state index is 2.79. The lowest BCUT2D eigenvalue weighted by atomic mass is 9.87. The van der Waals surface area contributed by atoms with Gasteiger partial charge in [0.15, 0.2) is 0 Å². The van der Waals surface area contributed by atoms with Gasteiger partial charge in [-0.1, -0.05) is 85.5 Å². The number of likely N-dealkylation sites (tertiary alicyclic amines) is 1. The summed E-state index contributed by atoms with van der Waals surface area (Å²) in [5, 5.41) is 0. The van der Waals surface area contributed by atoms with Crippen molar-refractivity contribution in [1.82, 2.24) is 4.90 Å². The quantitative estimate of drug-likeness (QED) is 0.300. The van der Waals surface area contributed by atoms with Crippen LogP contribution in [0.5, 0.6) is 0 Å². The van der Waals surface area contributed by atoms with Crippen molar-refractivity contribution in [1.29, 1.82) is 0 Å². The Morgan fingerprint density at radius 1 is 0.792 bits per heavy atom. The molecule has 0 aromatic heterocycles. The van der Waals surface area contributed by atoms with E-state index in [9.17, 15) is 0 Å². The highest BCUT2D eigenvalue weighted by molar-refractivity contribution is 4.75. The van der Waals surface area contributed by atoms with E-state index in [4.69, 9.17) is 0 Å². The molecule has 1 saturated heterocycles. The molecule has 0 amide bonds. The Labute approximate surface area is 154 Å². The molecule has 0 spiro atoms. The maximum absolute atomic E-state index is 2.79. The summed E-state index contributed by atoms with van der Waals surface area (Å²) in [4.78, 5) is 2.79. The van der Waals surface area contributed by atoms with Gasteiger partial charge >= 0.3 is 0 Å². The zero-order valence-corrected chi connectivity index (χ0v) is 17.5. The molecule has 1 fully saturated rings. The Hall–Kier alpha value is -0.0400. The Morgan fingerprint density at radius 2 is 1.50 bits per heavy atom. The molecular weight excluding hydrogens is 290 g/mol. The molecular formula is C23H47N. The van der Waals surface area contributed by atoms with E-state index in [0.29, 0.717) is 0 Å². The first-order valence-electron chi connectivity index (χ1n) is 11.4. The fraction of sp³-hybridized carbons (Fsp3) is 1.00. The summed E-state index contributed by atoms with van der Waals surface area (Å²) in [5.41, 5.74) is 0. The second kappa shape index (κ2) is 14.2. The van der Waals surface area contributed by atoms with Crippen molar-refractivity contribution in [3.05, 3.63) is 0 Å². The van der Waals surface area contributed by atoms with Gasteiger partial charge in [0, 0.05) is 6.54 Å². The number of rotatable bonds is 14. The number of piperidine rings is 1. The first-order valence-corrected chi connectivity index (χ1v) is 11.4. The van der Waals surface area contributed by atoms with Crippen LogP contribution in [0.2, 0.25) is 0 Å². The summed E-state index contributed by atoms with van der Waals surface area (Å²) in [6, 6.07) is 0. The van der Waals surface area contributed by atoms with Crippen LogP contribution < -0.4 is 0 Å². The summed E-state index contributed by atoms with van der Waals surface area (Å²) in [6.07, 6.45) is 18.7. The molecule has 1 aliphatic heterocycles. The Kier molecular flexibility index (Phi) is 13.0. The molecule has 24 heavy (non-hydrogen) atoms. The summed E-state index contributed by atoms with van der Waals surface area (Å²) >= 11 is 0. The van der Waals surface area contributed by atoms with Crippen molar-refractivity contribution < 1.29 is 0 Å². The molecule has 0 saturated carbocycles. The summed E-state index contributed by atoms with van der Waals surface area (Å²) < 4.78 is 0. The van der Waals surface area contributed by atoms with Crippen LogP contribution in [0.1, 0.15) is 111 Å². The van der Waals surface area contributed by atoms with E-state index in [1.54, 1.807) is 0 Å². The molecule has 0 aliphatic carbocycles. The van der Waals surface area contributed by atoms with Gasteiger partial charge in [0.05, 0.1) is 0 Å². The molecule has 1 rings (SSSR count). The summed E-state index contributed by atoms with van der Waals surface area (Å²) in [5.74, 6) is 2.94. The minimum Gasteiger partial charge on any atom is -0.303 e. The molecule has 0 aromatic carbocycles. The van der Waals surface area contributed by atoms with Gasteiger partial charge in [0.25, 0.3) is 0 Å². The van der Waals surface area contributed by atoms with Crippen LogP contribution in [0.4, 0.5) is 0 Å². The fourth-order valence-electron chi connectivity index (χ4n) is 4.46. The molecule has 144 valence electrons. The molecule has 0 bridgehead atoms. The first kappa shape index (κ1) is 22.0. The number of nitrogens with zero attached hydrogens (tertiary/aromatic N) is 1. The molecule has 1 aliphatic rings. The monoisotopic (exact) mass is 337 g/mol. The van der Waals surface area contributed by atoms with Gasteiger partial charge in [-0.05, 0) is 56.5 Å². The fourth-order valence-corrected chi connectivity index (χ4v) is 4.46. The lowest BCUT2D eigenvalue weighted by Gasteiger charge is -2.34. The van der Waals surface area contributed by atoms with Gasteiger partial charge in [-0.2, -0.15) is 0 Å². The average molecular weight is 338 g/mol. The van der Waals surface area contributed by atoms with E-state index in [1.165, 1.54) is 103 Å². The highest BCUT2D eigenvalue weighted by Gasteiger charge is 2.21. The minimum atomic E-state index is 0.954. The van der Waals surface area contributed by atoms with Crippen molar-refractivity contribution in [3.63, 3.8) is 0 Å². The van der Waals surface area contributed by atoms with Crippen molar-refractivity contribution in [2.24, 2.45) is 17.8 Å². The van der Waals surface area contributed by atoms with E-state index in [-0.39, 0.29) is 0 Å². The third kappa shape index (κ3) is 10.1. The highest BCUT2D eigenvalue weighted by atomic mass is 15.1. The standard InChI is InChI=1S/C23H47N/c1-5-8-10-13-23(11-7-3)20-24-18-16-22(17-19-24)15-14-21(4)12-9-6-2/h21-23H,5-20H2,1-4H3. The van der Waals surface area contributed by atoms with Crippen LogP contribution in [0, 0.1) is 17.8 Å². The summed E-state index contributed by atoms with van der Waals surface area (Å²) in [7, 11) is 0. The van der Waals surface area contributed by atoms with E-state index < -0.39 is 0 Å². The third-order valence-electron chi connectivity index (χ3n) is 6.25. The smallest absolute Gasteiger partial charge is 0.000966 e. The van der Waals surface area contributed by atoms with E-state index in [2.05, 4.69) is 32.6 Å². The predicted molar refractivity (Wildman–Crippen MR) is 110 cm³/mol. The molecule has 2 unspecified atom stereocenters. The van der Waals surface area contributed by atoms with Gasteiger partial charge in [-0.25, -0.2) is 0 Å². The lowest BCUT2D eigenvalue weighted by molar-refractivity contribution is 0.145. The minimum absolute atomic E-state index is 0.954.